The van der Waals surface area contributed by atoms with Crippen molar-refractivity contribution >= 4 is 0 Å². The van der Waals surface area contributed by atoms with Gasteiger partial charge in [-0.1, -0.05) is 12.1 Å². The van der Waals surface area contributed by atoms with Gasteiger partial charge in [-0.25, -0.2) is 0 Å². The minimum Gasteiger partial charge on any atom is -0.496 e. The van der Waals surface area contributed by atoms with Gasteiger partial charge in [-0.15, -0.1) is 0 Å². The van der Waals surface area contributed by atoms with E-state index in [-0.39, 0.29) is 6.61 Å². The standard InChI is InChI=1S/C16H25NO2/c1-12-11-14(3-4-16(12)19-2)15(7-10-18)13-5-8-17-9-6-13/h3-4,11,13,15,17-18H,5-10H2,1-2H3. The zero-order chi connectivity index (χ0) is 13.7. The summed E-state index contributed by atoms with van der Waals surface area (Å²) in [5.41, 5.74) is 2.52. The van der Waals surface area contributed by atoms with Crippen LogP contribution in [0.2, 0.25) is 0 Å². The molecular weight excluding hydrogens is 238 g/mol. The van der Waals surface area contributed by atoms with Gasteiger partial charge in [-0.2, -0.15) is 0 Å². The molecule has 19 heavy (non-hydrogen) atoms. The molecule has 1 fully saturated rings. The summed E-state index contributed by atoms with van der Waals surface area (Å²) in [5.74, 6) is 2.09. The number of benzene rings is 1. The number of aryl methyl sites for hydroxylation is 1. The Morgan fingerprint density at radius 1 is 1.37 bits per heavy atom. The minimum absolute atomic E-state index is 0.264. The summed E-state index contributed by atoms with van der Waals surface area (Å²) in [6, 6.07) is 6.44. The third-order valence-electron chi connectivity index (χ3n) is 4.24. The Hall–Kier alpha value is -1.06. The maximum atomic E-state index is 9.36. The van der Waals surface area contributed by atoms with Crippen LogP contribution in [0.25, 0.3) is 0 Å². The number of ether oxygens (including phenoxy) is 1. The van der Waals surface area contributed by atoms with Crippen molar-refractivity contribution in [3.63, 3.8) is 0 Å². The van der Waals surface area contributed by atoms with Crippen LogP contribution in [0, 0.1) is 12.8 Å². The molecule has 1 saturated heterocycles. The molecule has 3 nitrogen and oxygen atoms in total. The summed E-state index contributed by atoms with van der Waals surface area (Å²) >= 11 is 0. The molecule has 1 aliphatic heterocycles. The van der Waals surface area contributed by atoms with E-state index in [0.717, 1.165) is 25.3 Å². The van der Waals surface area contributed by atoms with Crippen LogP contribution in [0.1, 0.15) is 36.3 Å². The molecule has 2 N–H and O–H groups in total. The lowest BCUT2D eigenvalue weighted by Crippen LogP contribution is -2.31. The largest absolute Gasteiger partial charge is 0.496 e. The van der Waals surface area contributed by atoms with Crippen molar-refractivity contribution in [2.45, 2.75) is 32.1 Å². The van der Waals surface area contributed by atoms with Crippen molar-refractivity contribution in [2.75, 3.05) is 26.8 Å². The monoisotopic (exact) mass is 263 g/mol. The molecule has 1 atom stereocenters. The average molecular weight is 263 g/mol. The fourth-order valence-corrected chi connectivity index (χ4v) is 3.19. The molecule has 3 heteroatoms. The second-order valence-corrected chi connectivity index (χ2v) is 5.44. The molecule has 1 aliphatic rings. The predicted molar refractivity (Wildman–Crippen MR) is 77.8 cm³/mol. The summed E-state index contributed by atoms with van der Waals surface area (Å²) in [4.78, 5) is 0. The Bertz CT molecular complexity index is 400. The lowest BCUT2D eigenvalue weighted by molar-refractivity contribution is 0.233. The van der Waals surface area contributed by atoms with Gasteiger partial charge < -0.3 is 15.2 Å². The van der Waals surface area contributed by atoms with Crippen molar-refractivity contribution < 1.29 is 9.84 Å². The van der Waals surface area contributed by atoms with Gasteiger partial charge in [0.1, 0.15) is 5.75 Å². The lowest BCUT2D eigenvalue weighted by Gasteiger charge is -2.31. The first-order valence-corrected chi connectivity index (χ1v) is 7.22. The van der Waals surface area contributed by atoms with E-state index in [4.69, 9.17) is 4.74 Å². The molecule has 2 rings (SSSR count). The van der Waals surface area contributed by atoms with E-state index in [9.17, 15) is 5.11 Å². The van der Waals surface area contributed by atoms with Crippen LogP contribution in [0.3, 0.4) is 0 Å². The van der Waals surface area contributed by atoms with Crippen LogP contribution in [0.15, 0.2) is 18.2 Å². The van der Waals surface area contributed by atoms with Gasteiger partial charge in [0, 0.05) is 6.61 Å². The summed E-state index contributed by atoms with van der Waals surface area (Å²) in [6.07, 6.45) is 3.27. The fraction of sp³-hybridized carbons (Fsp3) is 0.625. The third kappa shape index (κ3) is 3.48. The molecule has 0 spiro atoms. The highest BCUT2D eigenvalue weighted by molar-refractivity contribution is 5.37. The molecule has 1 aromatic carbocycles. The van der Waals surface area contributed by atoms with Gasteiger partial charge in [-0.05, 0) is 68.3 Å². The molecule has 0 aliphatic carbocycles. The number of piperidine rings is 1. The average Bonchev–Trinajstić information content (AvgIpc) is 2.45. The summed E-state index contributed by atoms with van der Waals surface area (Å²) in [5, 5.41) is 12.8. The maximum absolute atomic E-state index is 9.36. The molecule has 0 bridgehead atoms. The van der Waals surface area contributed by atoms with E-state index in [1.807, 2.05) is 0 Å². The van der Waals surface area contributed by atoms with Crippen molar-refractivity contribution in [2.24, 2.45) is 5.92 Å². The predicted octanol–water partition coefficient (Wildman–Crippen LogP) is 2.47. The Kier molecular flexibility index (Phi) is 5.23. The number of nitrogens with one attached hydrogen (secondary N) is 1. The number of rotatable bonds is 5. The number of aliphatic hydroxyl groups excluding tert-OH is 1. The molecule has 1 aromatic rings. The van der Waals surface area contributed by atoms with E-state index >= 15 is 0 Å². The van der Waals surface area contributed by atoms with Gasteiger partial charge in [0.25, 0.3) is 0 Å². The Morgan fingerprint density at radius 2 is 2.11 bits per heavy atom. The Labute approximate surface area is 116 Å². The molecule has 0 amide bonds. The maximum Gasteiger partial charge on any atom is 0.121 e. The summed E-state index contributed by atoms with van der Waals surface area (Å²) in [7, 11) is 1.71. The fourth-order valence-electron chi connectivity index (χ4n) is 3.19. The number of methoxy groups -OCH3 is 1. The first-order chi connectivity index (χ1) is 9.26. The van der Waals surface area contributed by atoms with Gasteiger partial charge in [-0.3, -0.25) is 0 Å². The van der Waals surface area contributed by atoms with Gasteiger partial charge in [0.05, 0.1) is 7.11 Å². The Balaban J connectivity index is 2.19. The van der Waals surface area contributed by atoms with Crippen LogP contribution in [-0.2, 0) is 0 Å². The molecule has 1 unspecified atom stereocenters. The van der Waals surface area contributed by atoms with Crippen LogP contribution >= 0.6 is 0 Å². The van der Waals surface area contributed by atoms with Gasteiger partial charge in [0.15, 0.2) is 0 Å². The third-order valence-corrected chi connectivity index (χ3v) is 4.24. The van der Waals surface area contributed by atoms with Crippen LogP contribution in [0.5, 0.6) is 5.75 Å². The number of aliphatic hydroxyl groups is 1. The van der Waals surface area contributed by atoms with E-state index in [2.05, 4.69) is 30.4 Å². The second-order valence-electron chi connectivity index (χ2n) is 5.44. The van der Waals surface area contributed by atoms with Crippen molar-refractivity contribution in [1.82, 2.24) is 5.32 Å². The highest BCUT2D eigenvalue weighted by Crippen LogP contribution is 2.35. The molecule has 0 saturated carbocycles. The lowest BCUT2D eigenvalue weighted by atomic mass is 9.78. The van der Waals surface area contributed by atoms with Crippen molar-refractivity contribution in [3.8, 4) is 5.75 Å². The van der Waals surface area contributed by atoms with E-state index in [0.29, 0.717) is 11.8 Å². The number of hydrogen-bond donors (Lipinski definition) is 2. The van der Waals surface area contributed by atoms with Crippen LogP contribution < -0.4 is 10.1 Å². The molecule has 0 radical (unpaired) electrons. The zero-order valence-electron chi connectivity index (χ0n) is 12.0. The highest BCUT2D eigenvalue weighted by atomic mass is 16.5. The minimum atomic E-state index is 0.264. The van der Waals surface area contributed by atoms with Crippen LogP contribution in [-0.4, -0.2) is 31.9 Å². The normalized spacial score (nSPS) is 18.3. The zero-order valence-corrected chi connectivity index (χ0v) is 12.0. The molecule has 1 heterocycles. The molecular formula is C16H25NO2. The quantitative estimate of drug-likeness (QED) is 0.857. The molecule has 0 aromatic heterocycles. The van der Waals surface area contributed by atoms with E-state index < -0.39 is 0 Å². The highest BCUT2D eigenvalue weighted by Gasteiger charge is 2.24. The summed E-state index contributed by atoms with van der Waals surface area (Å²) in [6.45, 7) is 4.55. The van der Waals surface area contributed by atoms with Crippen molar-refractivity contribution in [1.29, 1.82) is 0 Å². The summed E-state index contributed by atoms with van der Waals surface area (Å²) < 4.78 is 5.33. The SMILES string of the molecule is COc1ccc(C(CCO)C2CCNCC2)cc1C. The molecule has 106 valence electrons. The van der Waals surface area contributed by atoms with E-state index in [1.165, 1.54) is 24.0 Å². The second kappa shape index (κ2) is 6.92. The number of hydrogen-bond acceptors (Lipinski definition) is 3. The van der Waals surface area contributed by atoms with Crippen molar-refractivity contribution in [3.05, 3.63) is 29.3 Å². The topological polar surface area (TPSA) is 41.5 Å². The van der Waals surface area contributed by atoms with Gasteiger partial charge >= 0.3 is 0 Å². The van der Waals surface area contributed by atoms with E-state index in [1.54, 1.807) is 7.11 Å². The Morgan fingerprint density at radius 3 is 2.68 bits per heavy atom. The van der Waals surface area contributed by atoms with Crippen LogP contribution in [0.4, 0.5) is 0 Å². The van der Waals surface area contributed by atoms with Gasteiger partial charge in [0.2, 0.25) is 0 Å². The first-order valence-electron chi connectivity index (χ1n) is 7.22. The first kappa shape index (κ1) is 14.4. The smallest absolute Gasteiger partial charge is 0.121 e.